The van der Waals surface area contributed by atoms with Gasteiger partial charge in [0.25, 0.3) is 0 Å². The Bertz CT molecular complexity index is 1590. The van der Waals surface area contributed by atoms with Gasteiger partial charge < -0.3 is 0 Å². The van der Waals surface area contributed by atoms with Gasteiger partial charge in [0.05, 0.1) is 0 Å². The normalized spacial score (nSPS) is 14.9. The maximum absolute atomic E-state index is 2.44. The lowest BCUT2D eigenvalue weighted by molar-refractivity contribution is 1.04. The first-order valence-corrected chi connectivity index (χ1v) is 15.1. The number of rotatable bonds is 8. The van der Waals surface area contributed by atoms with E-state index in [1.54, 1.807) is 0 Å². The van der Waals surface area contributed by atoms with E-state index in [1.165, 1.54) is 66.8 Å². The fraction of sp³-hybridized carbons (Fsp3) is 0.143. The van der Waals surface area contributed by atoms with E-state index in [0.29, 0.717) is 0 Å². The summed E-state index contributed by atoms with van der Waals surface area (Å²) in [6.07, 6.45) is 16.0. The van der Waals surface area contributed by atoms with Gasteiger partial charge in [0, 0.05) is 0 Å². The second-order valence-corrected chi connectivity index (χ2v) is 10.4. The molecule has 0 N–H and O–H groups in total. The van der Waals surface area contributed by atoms with Crippen molar-refractivity contribution in [1.82, 2.24) is 0 Å². The zero-order valence-electron chi connectivity index (χ0n) is 25.3. The van der Waals surface area contributed by atoms with Crippen LogP contribution < -0.4 is 0 Å². The van der Waals surface area contributed by atoms with Crippen molar-refractivity contribution in [3.05, 3.63) is 179 Å². The van der Waals surface area contributed by atoms with E-state index in [0.717, 1.165) is 12.8 Å². The molecule has 0 unspecified atom stereocenters. The first-order valence-electron chi connectivity index (χ1n) is 15.1. The Morgan fingerprint density at radius 1 is 0.405 bits per heavy atom. The molecule has 0 fully saturated rings. The molecule has 0 atom stereocenters. The molecule has 0 aromatic heterocycles. The first kappa shape index (κ1) is 28.8. The minimum absolute atomic E-state index is 1.04. The molecule has 0 saturated heterocycles. The monoisotopic (exact) mass is 544 g/mol. The van der Waals surface area contributed by atoms with Gasteiger partial charge in [-0.3, -0.25) is 0 Å². The Morgan fingerprint density at radius 2 is 0.738 bits per heavy atom. The second-order valence-electron chi connectivity index (χ2n) is 10.4. The van der Waals surface area contributed by atoms with E-state index >= 15 is 0 Å². The molecule has 0 saturated carbocycles. The highest BCUT2D eigenvalue weighted by molar-refractivity contribution is 6.15. The molecule has 0 nitrogen and oxygen atoms in total. The molecule has 0 aliphatic heterocycles. The summed E-state index contributed by atoms with van der Waals surface area (Å²) in [6.45, 7) is 8.58. The van der Waals surface area contributed by atoms with Gasteiger partial charge in [-0.1, -0.05) is 146 Å². The highest BCUT2D eigenvalue weighted by Gasteiger charge is 2.22. The van der Waals surface area contributed by atoms with E-state index in [9.17, 15) is 0 Å². The zero-order valence-corrected chi connectivity index (χ0v) is 25.3. The summed E-state index contributed by atoms with van der Waals surface area (Å²) in [5, 5.41) is 0. The van der Waals surface area contributed by atoms with Crippen LogP contribution in [0.25, 0.3) is 33.4 Å². The SMILES string of the molecule is C/C=C(\C(=C/C)c1ccccc1C1=CCCC=C1c1ccccc1C(=C/C)/C(=C\C)c1ccccc1)c1ccccc1. The highest BCUT2D eigenvalue weighted by Crippen LogP contribution is 2.44. The van der Waals surface area contributed by atoms with E-state index < -0.39 is 0 Å². The fourth-order valence-electron chi connectivity index (χ4n) is 6.19. The molecule has 4 aromatic carbocycles. The van der Waals surface area contributed by atoms with Crippen LogP contribution in [-0.4, -0.2) is 0 Å². The summed E-state index contributed by atoms with van der Waals surface area (Å²) in [5.74, 6) is 0. The van der Waals surface area contributed by atoms with Gasteiger partial charge in [-0.05, 0) is 107 Å². The van der Waals surface area contributed by atoms with Crippen LogP contribution in [0.5, 0.6) is 0 Å². The lowest BCUT2D eigenvalue weighted by atomic mass is 9.79. The molecule has 0 heteroatoms. The predicted octanol–water partition coefficient (Wildman–Crippen LogP) is 12.0. The van der Waals surface area contributed by atoms with Gasteiger partial charge in [-0.2, -0.15) is 0 Å². The number of allylic oxidation sites excluding steroid dienone is 12. The van der Waals surface area contributed by atoms with E-state index in [-0.39, 0.29) is 0 Å². The maximum Gasteiger partial charge on any atom is -0.0102 e. The number of hydrogen-bond acceptors (Lipinski definition) is 0. The molecule has 1 aliphatic carbocycles. The molecule has 5 rings (SSSR count). The minimum Gasteiger partial charge on any atom is -0.0792 e. The van der Waals surface area contributed by atoms with Crippen molar-refractivity contribution in [2.45, 2.75) is 40.5 Å². The van der Waals surface area contributed by atoms with Crippen molar-refractivity contribution < 1.29 is 0 Å². The van der Waals surface area contributed by atoms with Crippen LogP contribution in [0.15, 0.2) is 146 Å². The average molecular weight is 545 g/mol. The van der Waals surface area contributed by atoms with Crippen LogP contribution >= 0.6 is 0 Å². The molecule has 4 aromatic rings. The van der Waals surface area contributed by atoms with Crippen LogP contribution in [-0.2, 0) is 0 Å². The molecule has 208 valence electrons. The Balaban J connectivity index is 1.63. The molecule has 0 radical (unpaired) electrons. The summed E-state index contributed by atoms with van der Waals surface area (Å²) in [5.41, 5.74) is 15.2. The van der Waals surface area contributed by atoms with Gasteiger partial charge in [-0.15, -0.1) is 0 Å². The summed E-state index contributed by atoms with van der Waals surface area (Å²) in [6, 6.07) is 39.3. The lowest BCUT2D eigenvalue weighted by Crippen LogP contribution is -2.03. The Morgan fingerprint density at radius 3 is 1.10 bits per heavy atom. The first-order chi connectivity index (χ1) is 20.7. The molecular weight excluding hydrogens is 504 g/mol. The third-order valence-electron chi connectivity index (χ3n) is 8.07. The standard InChI is InChI=1S/C42H40/c1-5-33(31-21-11-9-12-22-31)35(7-3)37-25-15-17-27-39(37)41-29-19-20-30-42(41)40-28-18-16-26-38(40)36(8-4)34(6-2)32-23-13-10-14-24-32/h5-18,21-30H,19-20H2,1-4H3/b33-5-,34-6-,35-7+,36-8+. The quantitative estimate of drug-likeness (QED) is 0.194. The van der Waals surface area contributed by atoms with Crippen molar-refractivity contribution in [3.63, 3.8) is 0 Å². The molecule has 0 amide bonds. The zero-order chi connectivity index (χ0) is 29.3. The van der Waals surface area contributed by atoms with Crippen LogP contribution in [0, 0.1) is 0 Å². The van der Waals surface area contributed by atoms with Crippen molar-refractivity contribution in [1.29, 1.82) is 0 Å². The molecule has 0 spiro atoms. The third-order valence-corrected chi connectivity index (χ3v) is 8.07. The third kappa shape index (κ3) is 5.85. The van der Waals surface area contributed by atoms with Crippen LogP contribution in [0.2, 0.25) is 0 Å². The van der Waals surface area contributed by atoms with E-state index in [2.05, 4.69) is 173 Å². The average Bonchev–Trinajstić information content (AvgIpc) is 3.07. The molecule has 0 heterocycles. The molecule has 42 heavy (non-hydrogen) atoms. The fourth-order valence-corrected chi connectivity index (χ4v) is 6.19. The smallest absolute Gasteiger partial charge is 0.0102 e. The van der Waals surface area contributed by atoms with Gasteiger partial charge in [0.15, 0.2) is 0 Å². The number of benzene rings is 4. The molecule has 1 aliphatic rings. The Labute approximate surface area is 252 Å². The number of hydrogen-bond donors (Lipinski definition) is 0. The van der Waals surface area contributed by atoms with Crippen molar-refractivity contribution in [2.24, 2.45) is 0 Å². The minimum atomic E-state index is 1.04. The van der Waals surface area contributed by atoms with Gasteiger partial charge >= 0.3 is 0 Å². The van der Waals surface area contributed by atoms with Crippen LogP contribution in [0.3, 0.4) is 0 Å². The topological polar surface area (TPSA) is 0 Å². The van der Waals surface area contributed by atoms with Crippen molar-refractivity contribution >= 4 is 33.4 Å². The van der Waals surface area contributed by atoms with Gasteiger partial charge in [0.1, 0.15) is 0 Å². The lowest BCUT2D eigenvalue weighted by Gasteiger charge is -2.24. The predicted molar refractivity (Wildman–Crippen MR) is 186 cm³/mol. The second kappa shape index (κ2) is 13.8. The summed E-state index contributed by atoms with van der Waals surface area (Å²) in [7, 11) is 0. The Hall–Kier alpha value is -4.68. The van der Waals surface area contributed by atoms with Crippen LogP contribution in [0.1, 0.15) is 73.9 Å². The van der Waals surface area contributed by atoms with Gasteiger partial charge in [-0.25, -0.2) is 0 Å². The van der Waals surface area contributed by atoms with Gasteiger partial charge in [0.2, 0.25) is 0 Å². The summed E-state index contributed by atoms with van der Waals surface area (Å²) in [4.78, 5) is 0. The highest BCUT2D eigenvalue weighted by atomic mass is 14.3. The summed E-state index contributed by atoms with van der Waals surface area (Å²) < 4.78 is 0. The van der Waals surface area contributed by atoms with E-state index in [4.69, 9.17) is 0 Å². The molecular formula is C42H40. The Kier molecular flexibility index (Phi) is 9.47. The van der Waals surface area contributed by atoms with Crippen molar-refractivity contribution in [3.8, 4) is 0 Å². The maximum atomic E-state index is 2.44. The summed E-state index contributed by atoms with van der Waals surface area (Å²) >= 11 is 0. The largest absolute Gasteiger partial charge is 0.0792 e. The van der Waals surface area contributed by atoms with E-state index in [1.807, 2.05) is 0 Å². The van der Waals surface area contributed by atoms with Crippen LogP contribution in [0.4, 0.5) is 0 Å². The van der Waals surface area contributed by atoms with Crippen molar-refractivity contribution in [2.75, 3.05) is 0 Å². The molecule has 0 bridgehead atoms.